The molecule has 0 aliphatic heterocycles. The Labute approximate surface area is 91.2 Å². The molecular formula is C12H19N3. The Hall–Kier alpha value is -1.38. The van der Waals surface area contributed by atoms with Gasteiger partial charge in [0.2, 0.25) is 0 Å². The second-order valence-electron chi connectivity index (χ2n) is 3.98. The molecule has 0 N–H and O–H groups in total. The Bertz CT molecular complexity index is 402. The minimum atomic E-state index is 0.399. The van der Waals surface area contributed by atoms with Crippen molar-refractivity contribution in [1.82, 2.24) is 9.55 Å². The van der Waals surface area contributed by atoms with Crippen LogP contribution < -0.4 is 5.49 Å². The first kappa shape index (κ1) is 11.7. The van der Waals surface area contributed by atoms with Crippen LogP contribution in [0.5, 0.6) is 0 Å². The zero-order chi connectivity index (χ0) is 11.4. The first-order chi connectivity index (χ1) is 7.11. The third kappa shape index (κ3) is 2.35. The molecule has 3 nitrogen and oxygen atoms in total. The van der Waals surface area contributed by atoms with Crippen molar-refractivity contribution in [2.24, 2.45) is 10.9 Å². The topological polar surface area (TPSA) is 30.2 Å². The van der Waals surface area contributed by atoms with E-state index in [1.54, 1.807) is 19.4 Å². The molecule has 82 valence electrons. The zero-order valence-electron chi connectivity index (χ0n) is 9.94. The van der Waals surface area contributed by atoms with Crippen molar-refractivity contribution in [2.45, 2.75) is 26.7 Å². The van der Waals surface area contributed by atoms with Crippen LogP contribution in [-0.2, 0) is 0 Å². The van der Waals surface area contributed by atoms with Crippen molar-refractivity contribution < 1.29 is 0 Å². The summed E-state index contributed by atoms with van der Waals surface area (Å²) < 4.78 is 1.90. The van der Waals surface area contributed by atoms with Crippen LogP contribution in [-0.4, -0.2) is 16.6 Å². The highest BCUT2D eigenvalue weighted by Gasteiger charge is 2.14. The quantitative estimate of drug-likeness (QED) is 0.744. The van der Waals surface area contributed by atoms with Gasteiger partial charge in [0.05, 0.1) is 5.69 Å². The molecule has 0 aromatic carbocycles. The highest BCUT2D eigenvalue weighted by Crippen LogP contribution is 2.18. The van der Waals surface area contributed by atoms with E-state index < -0.39 is 0 Å². The van der Waals surface area contributed by atoms with E-state index in [-0.39, 0.29) is 0 Å². The lowest BCUT2D eigenvalue weighted by atomic mass is 9.95. The summed E-state index contributed by atoms with van der Waals surface area (Å²) in [4.78, 5) is 8.69. The molecule has 0 saturated heterocycles. The number of rotatable bonds is 3. The minimum absolute atomic E-state index is 0.399. The largest absolute Gasteiger partial charge is 0.306 e. The van der Waals surface area contributed by atoms with Gasteiger partial charge in [-0.3, -0.25) is 9.98 Å². The summed E-state index contributed by atoms with van der Waals surface area (Å²) in [7, 11) is 1.79. The lowest BCUT2D eigenvalue weighted by Gasteiger charge is -2.16. The van der Waals surface area contributed by atoms with Crippen LogP contribution in [0.15, 0.2) is 24.0 Å². The summed E-state index contributed by atoms with van der Waals surface area (Å²) in [5.41, 5.74) is 1.93. The Balaban J connectivity index is 3.37. The fourth-order valence-electron chi connectivity index (χ4n) is 1.46. The Morgan fingerprint density at radius 3 is 2.60 bits per heavy atom. The van der Waals surface area contributed by atoms with E-state index in [9.17, 15) is 0 Å². The molecule has 0 saturated carbocycles. The average molecular weight is 205 g/mol. The zero-order valence-corrected chi connectivity index (χ0v) is 9.94. The van der Waals surface area contributed by atoms with Crippen LogP contribution in [0.3, 0.4) is 0 Å². The van der Waals surface area contributed by atoms with Gasteiger partial charge in [-0.1, -0.05) is 27.4 Å². The molecule has 3 heteroatoms. The van der Waals surface area contributed by atoms with Crippen LogP contribution in [0.2, 0.25) is 0 Å². The van der Waals surface area contributed by atoms with Gasteiger partial charge in [-0.2, -0.15) is 0 Å². The molecule has 15 heavy (non-hydrogen) atoms. The fourth-order valence-corrected chi connectivity index (χ4v) is 1.46. The first-order valence-corrected chi connectivity index (χ1v) is 5.24. The van der Waals surface area contributed by atoms with Gasteiger partial charge in [0.25, 0.3) is 0 Å². The second kappa shape index (κ2) is 4.91. The molecule has 1 rings (SSSR count). The van der Waals surface area contributed by atoms with Crippen molar-refractivity contribution in [3.05, 3.63) is 30.2 Å². The van der Waals surface area contributed by atoms with E-state index >= 15 is 0 Å². The molecule has 0 aliphatic carbocycles. The standard InChI is InChI=1S/C12H19N3/c1-6-15-8-7-14-11(12(15)13-5)10(4)9(2)3/h6-10H,1H2,2-5H3. The maximum Gasteiger partial charge on any atom is 0.153 e. The summed E-state index contributed by atoms with van der Waals surface area (Å²) in [6.07, 6.45) is 5.41. The van der Waals surface area contributed by atoms with Gasteiger partial charge >= 0.3 is 0 Å². The molecule has 1 aromatic rings. The van der Waals surface area contributed by atoms with Gasteiger partial charge < -0.3 is 4.57 Å². The number of hydrogen-bond donors (Lipinski definition) is 0. The second-order valence-corrected chi connectivity index (χ2v) is 3.98. The lowest BCUT2D eigenvalue weighted by molar-refractivity contribution is 0.514. The lowest BCUT2D eigenvalue weighted by Crippen LogP contribution is -2.25. The van der Waals surface area contributed by atoms with Crippen molar-refractivity contribution >= 4 is 6.20 Å². The molecule has 0 aliphatic rings. The maximum absolute atomic E-state index is 4.42. The smallest absolute Gasteiger partial charge is 0.153 e. The van der Waals surface area contributed by atoms with Gasteiger partial charge in [0.1, 0.15) is 0 Å². The highest BCUT2D eigenvalue weighted by molar-refractivity contribution is 5.19. The monoisotopic (exact) mass is 205 g/mol. The van der Waals surface area contributed by atoms with Gasteiger partial charge in [0, 0.05) is 31.6 Å². The first-order valence-electron chi connectivity index (χ1n) is 5.24. The Kier molecular flexibility index (Phi) is 3.83. The number of aromatic nitrogens is 2. The Morgan fingerprint density at radius 2 is 2.13 bits per heavy atom. The summed E-state index contributed by atoms with van der Waals surface area (Å²) in [6.45, 7) is 10.3. The predicted molar refractivity (Wildman–Crippen MR) is 63.4 cm³/mol. The van der Waals surface area contributed by atoms with Gasteiger partial charge in [0.15, 0.2) is 5.49 Å². The van der Waals surface area contributed by atoms with Gasteiger partial charge in [-0.15, -0.1) is 0 Å². The number of hydrogen-bond acceptors (Lipinski definition) is 2. The molecule has 1 aromatic heterocycles. The molecule has 0 amide bonds. The molecule has 0 spiro atoms. The van der Waals surface area contributed by atoms with Crippen molar-refractivity contribution in [1.29, 1.82) is 0 Å². The van der Waals surface area contributed by atoms with Crippen molar-refractivity contribution in [3.63, 3.8) is 0 Å². The van der Waals surface area contributed by atoms with E-state index in [2.05, 4.69) is 37.3 Å². The van der Waals surface area contributed by atoms with E-state index in [1.807, 2.05) is 10.8 Å². The van der Waals surface area contributed by atoms with Crippen LogP contribution >= 0.6 is 0 Å². The molecular weight excluding hydrogens is 186 g/mol. The van der Waals surface area contributed by atoms with Crippen molar-refractivity contribution in [2.75, 3.05) is 7.05 Å². The molecule has 1 unspecified atom stereocenters. The summed E-state index contributed by atoms with van der Waals surface area (Å²) >= 11 is 0. The number of nitrogens with zero attached hydrogens (tertiary/aromatic N) is 3. The normalized spacial score (nSPS) is 14.3. The fraction of sp³-hybridized carbons (Fsp3) is 0.500. The van der Waals surface area contributed by atoms with Gasteiger partial charge in [-0.25, -0.2) is 0 Å². The SMILES string of the molecule is C=Cn1ccnc(C(C)C(C)C)c1=NC. The molecule has 0 bridgehead atoms. The average Bonchev–Trinajstić information content (AvgIpc) is 2.26. The summed E-state index contributed by atoms with van der Waals surface area (Å²) in [5.74, 6) is 0.953. The van der Waals surface area contributed by atoms with E-state index in [4.69, 9.17) is 0 Å². The van der Waals surface area contributed by atoms with Crippen molar-refractivity contribution in [3.8, 4) is 0 Å². The molecule has 1 heterocycles. The molecule has 0 radical (unpaired) electrons. The van der Waals surface area contributed by atoms with Crippen LogP contribution in [0.1, 0.15) is 32.4 Å². The molecule has 0 fully saturated rings. The van der Waals surface area contributed by atoms with Gasteiger partial charge in [-0.05, 0) is 5.92 Å². The van der Waals surface area contributed by atoms with E-state index in [0.29, 0.717) is 11.8 Å². The molecule has 1 atom stereocenters. The maximum atomic E-state index is 4.42. The van der Waals surface area contributed by atoms with Crippen LogP contribution in [0, 0.1) is 5.92 Å². The van der Waals surface area contributed by atoms with E-state index in [1.165, 1.54) is 0 Å². The third-order valence-corrected chi connectivity index (χ3v) is 2.75. The summed E-state index contributed by atoms with van der Waals surface area (Å²) in [5, 5.41) is 0. The van der Waals surface area contributed by atoms with E-state index in [0.717, 1.165) is 11.2 Å². The van der Waals surface area contributed by atoms with Crippen LogP contribution in [0.25, 0.3) is 6.20 Å². The highest BCUT2D eigenvalue weighted by atomic mass is 15.0. The third-order valence-electron chi connectivity index (χ3n) is 2.75. The van der Waals surface area contributed by atoms with Crippen LogP contribution in [0.4, 0.5) is 0 Å². The minimum Gasteiger partial charge on any atom is -0.306 e. The Morgan fingerprint density at radius 1 is 1.47 bits per heavy atom. The summed E-state index contributed by atoms with van der Waals surface area (Å²) in [6, 6.07) is 0. The predicted octanol–water partition coefficient (Wildman–Crippen LogP) is 2.27.